The Bertz CT molecular complexity index is 525. The van der Waals surface area contributed by atoms with Crippen molar-refractivity contribution < 1.29 is 9.53 Å². The SMILES string of the molecule is CC(C)(/N=N/C1CCCCC1)NC(=O)NCCOc1ccccc1. The molecule has 2 N–H and O–H groups in total. The number of azo groups is 1. The van der Waals surface area contributed by atoms with Gasteiger partial charge < -0.3 is 15.4 Å². The van der Waals surface area contributed by atoms with Gasteiger partial charge in [-0.15, -0.1) is 0 Å². The third kappa shape index (κ3) is 6.98. The highest BCUT2D eigenvalue weighted by Gasteiger charge is 2.20. The van der Waals surface area contributed by atoms with E-state index in [0.29, 0.717) is 19.2 Å². The summed E-state index contributed by atoms with van der Waals surface area (Å²) in [5.41, 5.74) is -0.707. The van der Waals surface area contributed by atoms with Crippen molar-refractivity contribution in [1.29, 1.82) is 0 Å². The minimum Gasteiger partial charge on any atom is -0.492 e. The molecule has 6 nitrogen and oxygen atoms in total. The summed E-state index contributed by atoms with van der Waals surface area (Å²) in [6, 6.07) is 9.57. The normalized spacial score (nSPS) is 16.1. The van der Waals surface area contributed by atoms with Crippen LogP contribution >= 0.6 is 0 Å². The molecule has 0 saturated heterocycles. The molecule has 6 heteroatoms. The van der Waals surface area contributed by atoms with Crippen molar-refractivity contribution in [2.24, 2.45) is 10.2 Å². The van der Waals surface area contributed by atoms with Crippen LogP contribution in [0.4, 0.5) is 4.79 Å². The number of nitrogens with one attached hydrogen (secondary N) is 2. The number of benzene rings is 1. The molecule has 132 valence electrons. The monoisotopic (exact) mass is 332 g/mol. The lowest BCUT2D eigenvalue weighted by Gasteiger charge is -2.23. The number of hydrogen-bond acceptors (Lipinski definition) is 4. The Balaban J connectivity index is 1.65. The van der Waals surface area contributed by atoms with Crippen molar-refractivity contribution >= 4 is 6.03 Å². The molecule has 0 bridgehead atoms. The minimum atomic E-state index is -0.707. The van der Waals surface area contributed by atoms with Gasteiger partial charge in [0.25, 0.3) is 0 Å². The first-order valence-corrected chi connectivity index (χ1v) is 8.71. The molecule has 0 unspecified atom stereocenters. The van der Waals surface area contributed by atoms with Crippen molar-refractivity contribution in [2.75, 3.05) is 13.2 Å². The fourth-order valence-electron chi connectivity index (χ4n) is 2.62. The summed E-state index contributed by atoms with van der Waals surface area (Å²) < 4.78 is 5.53. The van der Waals surface area contributed by atoms with Crippen LogP contribution in [0, 0.1) is 0 Å². The number of carbonyl (C=O) groups excluding carboxylic acids is 1. The van der Waals surface area contributed by atoms with E-state index in [2.05, 4.69) is 20.9 Å². The molecule has 1 fully saturated rings. The summed E-state index contributed by atoms with van der Waals surface area (Å²) in [5.74, 6) is 0.793. The van der Waals surface area contributed by atoms with Gasteiger partial charge in [-0.3, -0.25) is 0 Å². The zero-order valence-electron chi connectivity index (χ0n) is 14.6. The molecule has 2 amide bonds. The van der Waals surface area contributed by atoms with Crippen molar-refractivity contribution in [3.8, 4) is 5.75 Å². The van der Waals surface area contributed by atoms with Gasteiger partial charge in [-0.25, -0.2) is 4.79 Å². The second-order valence-electron chi connectivity index (χ2n) is 6.61. The van der Waals surface area contributed by atoms with Gasteiger partial charge >= 0.3 is 6.03 Å². The average molecular weight is 332 g/mol. The van der Waals surface area contributed by atoms with E-state index in [1.54, 1.807) is 0 Å². The van der Waals surface area contributed by atoms with Crippen LogP contribution in [0.15, 0.2) is 40.6 Å². The molecule has 0 atom stereocenters. The molecule has 1 aliphatic rings. The summed E-state index contributed by atoms with van der Waals surface area (Å²) in [6.07, 6.45) is 5.94. The first kappa shape index (κ1) is 18.2. The Kier molecular flexibility index (Phi) is 7.03. The Labute approximate surface area is 144 Å². The van der Waals surface area contributed by atoms with Gasteiger partial charge in [-0.05, 0) is 38.8 Å². The Morgan fingerprint density at radius 3 is 2.62 bits per heavy atom. The van der Waals surface area contributed by atoms with Crippen molar-refractivity contribution in [1.82, 2.24) is 10.6 Å². The Morgan fingerprint density at radius 2 is 1.92 bits per heavy atom. The molecule has 0 aromatic heterocycles. The third-order valence-electron chi connectivity index (χ3n) is 3.86. The number of ether oxygens (including phenoxy) is 1. The molecule has 1 saturated carbocycles. The maximum absolute atomic E-state index is 11.9. The number of carbonyl (C=O) groups is 1. The fourth-order valence-corrected chi connectivity index (χ4v) is 2.62. The van der Waals surface area contributed by atoms with Crippen LogP contribution in [0.5, 0.6) is 5.75 Å². The Morgan fingerprint density at radius 1 is 1.21 bits per heavy atom. The van der Waals surface area contributed by atoms with E-state index in [-0.39, 0.29) is 6.03 Å². The highest BCUT2D eigenvalue weighted by molar-refractivity contribution is 5.74. The number of para-hydroxylation sites is 1. The number of hydrogen-bond donors (Lipinski definition) is 2. The zero-order chi connectivity index (χ0) is 17.3. The second-order valence-corrected chi connectivity index (χ2v) is 6.61. The second kappa shape index (κ2) is 9.25. The van der Waals surface area contributed by atoms with Gasteiger partial charge in [0, 0.05) is 0 Å². The summed E-state index contributed by atoms with van der Waals surface area (Å²) in [4.78, 5) is 11.9. The largest absolute Gasteiger partial charge is 0.492 e. The smallest absolute Gasteiger partial charge is 0.316 e. The van der Waals surface area contributed by atoms with Crippen LogP contribution in [-0.4, -0.2) is 30.9 Å². The molecule has 1 aromatic carbocycles. The maximum atomic E-state index is 11.9. The van der Waals surface area contributed by atoms with E-state index in [0.717, 1.165) is 18.6 Å². The van der Waals surface area contributed by atoms with E-state index < -0.39 is 5.66 Å². The molecule has 2 rings (SSSR count). The minimum absolute atomic E-state index is 0.265. The van der Waals surface area contributed by atoms with Crippen molar-refractivity contribution in [3.05, 3.63) is 30.3 Å². The summed E-state index contributed by atoms with van der Waals surface area (Å²) in [6.45, 7) is 4.54. The fraction of sp³-hybridized carbons (Fsp3) is 0.611. The lowest BCUT2D eigenvalue weighted by Crippen LogP contribution is -2.48. The van der Waals surface area contributed by atoms with Crippen LogP contribution in [0.1, 0.15) is 46.0 Å². The lowest BCUT2D eigenvalue weighted by molar-refractivity contribution is 0.225. The quantitative estimate of drug-likeness (QED) is 0.587. The predicted molar refractivity (Wildman–Crippen MR) is 94.3 cm³/mol. The standard InChI is InChI=1S/C18H28N4O2/c1-18(2,22-21-15-9-5-3-6-10-15)20-17(23)19-13-14-24-16-11-7-4-8-12-16/h4,7-8,11-12,15H,3,5-6,9-10,13-14H2,1-2H3,(H2,19,20,23)/b22-21+. The van der Waals surface area contributed by atoms with E-state index in [4.69, 9.17) is 4.74 Å². The highest BCUT2D eigenvalue weighted by atomic mass is 16.5. The maximum Gasteiger partial charge on any atom is 0.316 e. The molecule has 0 radical (unpaired) electrons. The molecule has 0 heterocycles. The highest BCUT2D eigenvalue weighted by Crippen LogP contribution is 2.21. The van der Waals surface area contributed by atoms with Gasteiger partial charge in [0.1, 0.15) is 18.0 Å². The number of nitrogens with zero attached hydrogens (tertiary/aromatic N) is 2. The van der Waals surface area contributed by atoms with Crippen LogP contribution in [0.3, 0.4) is 0 Å². The molecular weight excluding hydrogens is 304 g/mol. The van der Waals surface area contributed by atoms with E-state index >= 15 is 0 Å². The van der Waals surface area contributed by atoms with Gasteiger partial charge in [0.2, 0.25) is 0 Å². The molecule has 0 aliphatic heterocycles. The van der Waals surface area contributed by atoms with Gasteiger partial charge in [0.15, 0.2) is 0 Å². The molecule has 1 aliphatic carbocycles. The van der Waals surface area contributed by atoms with Crippen LogP contribution in [0.25, 0.3) is 0 Å². The number of urea groups is 1. The first-order chi connectivity index (χ1) is 11.6. The summed E-state index contributed by atoms with van der Waals surface area (Å²) in [7, 11) is 0. The molecule has 1 aromatic rings. The lowest BCUT2D eigenvalue weighted by atomic mass is 9.96. The molecular formula is C18H28N4O2. The number of rotatable bonds is 7. The topological polar surface area (TPSA) is 75.1 Å². The van der Waals surface area contributed by atoms with E-state index in [9.17, 15) is 4.79 Å². The van der Waals surface area contributed by atoms with Crippen molar-refractivity contribution in [2.45, 2.75) is 57.7 Å². The number of amides is 2. The van der Waals surface area contributed by atoms with E-state index in [1.165, 1.54) is 19.3 Å². The van der Waals surface area contributed by atoms with E-state index in [1.807, 2.05) is 44.2 Å². The summed E-state index contributed by atoms with van der Waals surface area (Å²) in [5, 5.41) is 14.3. The molecule has 24 heavy (non-hydrogen) atoms. The van der Waals surface area contributed by atoms with Gasteiger partial charge in [-0.1, -0.05) is 37.5 Å². The van der Waals surface area contributed by atoms with Crippen molar-refractivity contribution in [3.63, 3.8) is 0 Å². The third-order valence-corrected chi connectivity index (χ3v) is 3.86. The average Bonchev–Trinajstić information content (AvgIpc) is 2.58. The Hall–Kier alpha value is -2.11. The van der Waals surface area contributed by atoms with Crippen LogP contribution in [-0.2, 0) is 0 Å². The zero-order valence-corrected chi connectivity index (χ0v) is 14.6. The first-order valence-electron chi connectivity index (χ1n) is 8.71. The predicted octanol–water partition coefficient (Wildman–Crippen LogP) is 3.89. The summed E-state index contributed by atoms with van der Waals surface area (Å²) >= 11 is 0. The van der Waals surface area contributed by atoms with Crippen LogP contribution < -0.4 is 15.4 Å². The molecule has 0 spiro atoms. The van der Waals surface area contributed by atoms with Crippen LogP contribution in [0.2, 0.25) is 0 Å². The van der Waals surface area contributed by atoms with Gasteiger partial charge in [-0.2, -0.15) is 10.2 Å². The van der Waals surface area contributed by atoms with Gasteiger partial charge in [0.05, 0.1) is 12.6 Å².